The van der Waals surface area contributed by atoms with E-state index in [9.17, 15) is 4.79 Å². The molecule has 3 nitrogen and oxygen atoms in total. The molecular weight excluding hydrogens is 164 g/mol. The molecule has 0 aliphatic heterocycles. The number of nitrogens with two attached hydrogens (primary N) is 1. The maximum absolute atomic E-state index is 10.5. The van der Waals surface area contributed by atoms with E-state index >= 15 is 0 Å². The van der Waals surface area contributed by atoms with Gasteiger partial charge >= 0.3 is 0 Å². The molecule has 1 rings (SSSR count). The fraction of sp³-hybridized carbons (Fsp3) is 0.900. The third-order valence-electron chi connectivity index (χ3n) is 2.78. The minimum Gasteiger partial charge on any atom is -0.370 e. The van der Waals surface area contributed by atoms with Crippen LogP contribution in [-0.4, -0.2) is 18.5 Å². The smallest absolute Gasteiger partial charge is 0.218 e. The zero-order chi connectivity index (χ0) is 9.68. The van der Waals surface area contributed by atoms with Crippen LogP contribution < -0.4 is 11.1 Å². The quantitative estimate of drug-likeness (QED) is 0.648. The van der Waals surface area contributed by atoms with Crippen molar-refractivity contribution in [1.82, 2.24) is 5.32 Å². The number of carbonyl (C=O) groups is 1. The van der Waals surface area contributed by atoms with Gasteiger partial charge in [-0.3, -0.25) is 4.79 Å². The Labute approximate surface area is 80.1 Å². The third-order valence-corrected chi connectivity index (χ3v) is 2.78. The van der Waals surface area contributed by atoms with E-state index in [1.54, 1.807) is 0 Å². The second kappa shape index (κ2) is 5.22. The molecule has 1 atom stereocenters. The van der Waals surface area contributed by atoms with E-state index in [0.29, 0.717) is 12.5 Å². The van der Waals surface area contributed by atoms with Crippen molar-refractivity contribution in [2.45, 2.75) is 45.1 Å². The van der Waals surface area contributed by atoms with Crippen LogP contribution in [0.5, 0.6) is 0 Å². The Morgan fingerprint density at radius 2 is 2.31 bits per heavy atom. The zero-order valence-corrected chi connectivity index (χ0v) is 8.38. The Hall–Kier alpha value is -0.570. The molecule has 0 bridgehead atoms. The highest BCUT2D eigenvalue weighted by Gasteiger charge is 2.19. The molecule has 0 aromatic carbocycles. The second-order valence-corrected chi connectivity index (χ2v) is 4.10. The van der Waals surface area contributed by atoms with Crippen molar-refractivity contribution >= 4 is 5.91 Å². The van der Waals surface area contributed by atoms with Gasteiger partial charge in [0.25, 0.3) is 0 Å². The molecule has 1 fully saturated rings. The van der Waals surface area contributed by atoms with Crippen LogP contribution in [0.2, 0.25) is 0 Å². The van der Waals surface area contributed by atoms with Crippen molar-refractivity contribution in [3.63, 3.8) is 0 Å². The van der Waals surface area contributed by atoms with Gasteiger partial charge in [-0.2, -0.15) is 0 Å². The predicted molar refractivity (Wildman–Crippen MR) is 53.2 cm³/mol. The highest BCUT2D eigenvalue weighted by molar-refractivity contribution is 5.73. The van der Waals surface area contributed by atoms with Gasteiger partial charge in [0.15, 0.2) is 0 Å². The first kappa shape index (κ1) is 10.5. The molecule has 3 heteroatoms. The van der Waals surface area contributed by atoms with Gasteiger partial charge in [0.05, 0.1) is 0 Å². The van der Waals surface area contributed by atoms with Crippen molar-refractivity contribution < 1.29 is 4.79 Å². The second-order valence-electron chi connectivity index (χ2n) is 4.10. The van der Waals surface area contributed by atoms with Gasteiger partial charge in [0.1, 0.15) is 0 Å². The van der Waals surface area contributed by atoms with E-state index in [1.807, 2.05) is 0 Å². The summed E-state index contributed by atoms with van der Waals surface area (Å²) >= 11 is 0. The Morgan fingerprint density at radius 1 is 1.62 bits per heavy atom. The Balaban J connectivity index is 1.96. The lowest BCUT2D eigenvalue weighted by Crippen LogP contribution is -2.32. The van der Waals surface area contributed by atoms with E-state index in [2.05, 4.69) is 12.2 Å². The SMILES string of the molecule is CC(CC1CCC1)NCCC(N)=O. The first-order valence-corrected chi connectivity index (χ1v) is 5.20. The van der Waals surface area contributed by atoms with Crippen LogP contribution in [0.4, 0.5) is 0 Å². The van der Waals surface area contributed by atoms with Crippen LogP contribution in [0.25, 0.3) is 0 Å². The average Bonchev–Trinajstić information content (AvgIpc) is 1.96. The minimum atomic E-state index is -0.219. The number of hydrogen-bond donors (Lipinski definition) is 2. The van der Waals surface area contributed by atoms with Gasteiger partial charge in [0, 0.05) is 19.0 Å². The van der Waals surface area contributed by atoms with Gasteiger partial charge in [-0.1, -0.05) is 19.3 Å². The average molecular weight is 184 g/mol. The topological polar surface area (TPSA) is 55.1 Å². The summed E-state index contributed by atoms with van der Waals surface area (Å²) in [5, 5.41) is 3.31. The monoisotopic (exact) mass is 184 g/mol. The molecule has 0 radical (unpaired) electrons. The maximum atomic E-state index is 10.5. The van der Waals surface area contributed by atoms with E-state index in [0.717, 1.165) is 12.5 Å². The van der Waals surface area contributed by atoms with Crippen LogP contribution in [-0.2, 0) is 4.79 Å². The first-order valence-electron chi connectivity index (χ1n) is 5.20. The summed E-state index contributed by atoms with van der Waals surface area (Å²) in [6.45, 7) is 2.91. The normalized spacial score (nSPS) is 19.5. The molecule has 1 saturated carbocycles. The highest BCUT2D eigenvalue weighted by atomic mass is 16.1. The maximum Gasteiger partial charge on any atom is 0.218 e. The summed E-state index contributed by atoms with van der Waals surface area (Å²) in [6, 6.07) is 0.532. The van der Waals surface area contributed by atoms with E-state index in [-0.39, 0.29) is 5.91 Å². The molecule has 0 spiro atoms. The van der Waals surface area contributed by atoms with Crippen molar-refractivity contribution in [1.29, 1.82) is 0 Å². The van der Waals surface area contributed by atoms with Gasteiger partial charge < -0.3 is 11.1 Å². The fourth-order valence-electron chi connectivity index (χ4n) is 1.75. The Kier molecular flexibility index (Phi) is 4.22. The molecule has 1 aliphatic carbocycles. The summed E-state index contributed by atoms with van der Waals surface area (Å²) in [5.74, 6) is 0.708. The lowest BCUT2D eigenvalue weighted by molar-refractivity contribution is -0.117. The van der Waals surface area contributed by atoms with E-state index in [4.69, 9.17) is 5.73 Å². The van der Waals surface area contributed by atoms with Gasteiger partial charge in [-0.15, -0.1) is 0 Å². The third kappa shape index (κ3) is 4.27. The molecule has 3 N–H and O–H groups in total. The molecule has 0 aromatic heterocycles. The number of hydrogen-bond acceptors (Lipinski definition) is 2. The van der Waals surface area contributed by atoms with Crippen LogP contribution >= 0.6 is 0 Å². The van der Waals surface area contributed by atoms with Crippen molar-refractivity contribution in [2.75, 3.05) is 6.54 Å². The number of carbonyl (C=O) groups excluding carboxylic acids is 1. The summed E-state index contributed by atoms with van der Waals surface area (Å²) in [6.07, 6.45) is 5.89. The Bertz CT molecular complexity index is 166. The highest BCUT2D eigenvalue weighted by Crippen LogP contribution is 2.30. The molecule has 76 valence electrons. The van der Waals surface area contributed by atoms with Gasteiger partial charge in [-0.25, -0.2) is 0 Å². The minimum absolute atomic E-state index is 0.219. The van der Waals surface area contributed by atoms with Crippen LogP contribution in [0, 0.1) is 5.92 Å². The molecule has 13 heavy (non-hydrogen) atoms. The number of amides is 1. The van der Waals surface area contributed by atoms with Crippen LogP contribution in [0.15, 0.2) is 0 Å². The van der Waals surface area contributed by atoms with Gasteiger partial charge in [-0.05, 0) is 19.3 Å². The summed E-state index contributed by atoms with van der Waals surface area (Å²) in [5.41, 5.74) is 5.04. The lowest BCUT2D eigenvalue weighted by Gasteiger charge is -2.28. The summed E-state index contributed by atoms with van der Waals surface area (Å²) < 4.78 is 0. The van der Waals surface area contributed by atoms with Crippen molar-refractivity contribution in [3.8, 4) is 0 Å². The molecular formula is C10H20N2O. The van der Waals surface area contributed by atoms with Crippen LogP contribution in [0.3, 0.4) is 0 Å². The van der Waals surface area contributed by atoms with Crippen LogP contribution in [0.1, 0.15) is 39.0 Å². The van der Waals surface area contributed by atoms with E-state index in [1.165, 1.54) is 25.7 Å². The fourth-order valence-corrected chi connectivity index (χ4v) is 1.75. The molecule has 0 aromatic rings. The van der Waals surface area contributed by atoms with Crippen molar-refractivity contribution in [2.24, 2.45) is 11.7 Å². The number of nitrogens with one attached hydrogen (secondary N) is 1. The largest absolute Gasteiger partial charge is 0.370 e. The molecule has 1 unspecified atom stereocenters. The zero-order valence-electron chi connectivity index (χ0n) is 8.38. The summed E-state index contributed by atoms with van der Waals surface area (Å²) in [7, 11) is 0. The lowest BCUT2D eigenvalue weighted by atomic mass is 9.81. The van der Waals surface area contributed by atoms with Crippen molar-refractivity contribution in [3.05, 3.63) is 0 Å². The van der Waals surface area contributed by atoms with Gasteiger partial charge in [0.2, 0.25) is 5.91 Å². The molecule has 0 heterocycles. The van der Waals surface area contributed by atoms with E-state index < -0.39 is 0 Å². The molecule has 0 saturated heterocycles. The first-order chi connectivity index (χ1) is 6.18. The Morgan fingerprint density at radius 3 is 2.77 bits per heavy atom. The molecule has 1 aliphatic rings. The number of rotatable bonds is 6. The standard InChI is InChI=1S/C10H20N2O/c1-8(7-9-3-2-4-9)12-6-5-10(11)13/h8-9,12H,2-7H2,1H3,(H2,11,13). The molecule has 1 amide bonds. The summed E-state index contributed by atoms with van der Waals surface area (Å²) in [4.78, 5) is 10.5. The number of primary amides is 1. The predicted octanol–water partition coefficient (Wildman–Crippen LogP) is 1.03.